The van der Waals surface area contributed by atoms with Gasteiger partial charge in [-0.1, -0.05) is 17.7 Å². The standard InChI is InChI=1S/C14H13ClN2S/c1-9-6-13(10(2)18-9)14(8-16)17-12-5-3-4-11(15)7-12/h3-7,14,17H,1-2H3. The molecule has 0 saturated carbocycles. The zero-order valence-electron chi connectivity index (χ0n) is 10.2. The van der Waals surface area contributed by atoms with Gasteiger partial charge in [-0.25, -0.2) is 0 Å². The van der Waals surface area contributed by atoms with Crippen molar-refractivity contribution in [1.82, 2.24) is 0 Å². The smallest absolute Gasteiger partial charge is 0.141 e. The Labute approximate surface area is 116 Å². The minimum Gasteiger partial charge on any atom is -0.366 e. The summed E-state index contributed by atoms with van der Waals surface area (Å²) in [4.78, 5) is 2.39. The van der Waals surface area contributed by atoms with E-state index in [1.165, 1.54) is 9.75 Å². The molecule has 2 aromatic rings. The number of benzene rings is 1. The zero-order chi connectivity index (χ0) is 13.1. The second kappa shape index (κ2) is 5.43. The molecule has 2 rings (SSSR count). The maximum Gasteiger partial charge on any atom is 0.141 e. The van der Waals surface area contributed by atoms with Gasteiger partial charge in [-0.3, -0.25) is 0 Å². The number of anilines is 1. The summed E-state index contributed by atoms with van der Waals surface area (Å²) >= 11 is 7.64. The third kappa shape index (κ3) is 2.84. The van der Waals surface area contributed by atoms with Crippen LogP contribution in [-0.2, 0) is 0 Å². The first-order valence-corrected chi connectivity index (χ1v) is 6.78. The topological polar surface area (TPSA) is 35.8 Å². The van der Waals surface area contributed by atoms with Crippen LogP contribution in [0.5, 0.6) is 0 Å². The van der Waals surface area contributed by atoms with Gasteiger partial charge in [-0.2, -0.15) is 5.26 Å². The fraction of sp³-hybridized carbons (Fsp3) is 0.214. The molecule has 0 bridgehead atoms. The Bertz CT molecular complexity index is 598. The molecule has 4 heteroatoms. The van der Waals surface area contributed by atoms with E-state index in [4.69, 9.17) is 11.6 Å². The van der Waals surface area contributed by atoms with Crippen molar-refractivity contribution in [3.05, 3.63) is 50.7 Å². The number of nitriles is 1. The molecular formula is C14H13ClN2S. The number of nitrogens with zero attached hydrogens (tertiary/aromatic N) is 1. The molecule has 0 aliphatic heterocycles. The summed E-state index contributed by atoms with van der Waals surface area (Å²) in [5.74, 6) is 0. The van der Waals surface area contributed by atoms with E-state index in [0.29, 0.717) is 5.02 Å². The number of hydrogen-bond donors (Lipinski definition) is 1. The Kier molecular flexibility index (Phi) is 3.90. The molecule has 0 aliphatic carbocycles. The fourth-order valence-electron chi connectivity index (χ4n) is 1.86. The van der Waals surface area contributed by atoms with E-state index < -0.39 is 0 Å². The van der Waals surface area contributed by atoms with Gasteiger partial charge in [-0.15, -0.1) is 11.3 Å². The van der Waals surface area contributed by atoms with Crippen LogP contribution in [-0.4, -0.2) is 0 Å². The first-order chi connectivity index (χ1) is 8.60. The van der Waals surface area contributed by atoms with Gasteiger partial charge in [0.15, 0.2) is 0 Å². The first-order valence-electron chi connectivity index (χ1n) is 5.59. The Morgan fingerprint density at radius 2 is 2.11 bits per heavy atom. The molecule has 1 heterocycles. The minimum absolute atomic E-state index is 0.339. The van der Waals surface area contributed by atoms with Crippen molar-refractivity contribution in [1.29, 1.82) is 5.26 Å². The Morgan fingerprint density at radius 1 is 1.33 bits per heavy atom. The molecule has 0 amide bonds. The van der Waals surface area contributed by atoms with Crippen molar-refractivity contribution in [3.63, 3.8) is 0 Å². The van der Waals surface area contributed by atoms with Crippen LogP contribution in [0.2, 0.25) is 5.02 Å². The number of hydrogen-bond acceptors (Lipinski definition) is 3. The molecule has 1 aromatic carbocycles. The quantitative estimate of drug-likeness (QED) is 0.882. The van der Waals surface area contributed by atoms with Gasteiger partial charge in [0.25, 0.3) is 0 Å². The molecular weight excluding hydrogens is 264 g/mol. The highest BCUT2D eigenvalue weighted by Crippen LogP contribution is 2.29. The lowest BCUT2D eigenvalue weighted by atomic mass is 10.1. The van der Waals surface area contributed by atoms with Crippen LogP contribution in [0.4, 0.5) is 5.69 Å². The molecule has 0 aliphatic rings. The van der Waals surface area contributed by atoms with E-state index in [1.807, 2.05) is 31.2 Å². The second-order valence-electron chi connectivity index (χ2n) is 4.09. The van der Waals surface area contributed by atoms with Crippen molar-refractivity contribution in [2.45, 2.75) is 19.9 Å². The number of halogens is 1. The SMILES string of the molecule is Cc1cc(C(C#N)Nc2cccc(Cl)c2)c(C)s1. The van der Waals surface area contributed by atoms with Gasteiger partial charge < -0.3 is 5.32 Å². The lowest BCUT2D eigenvalue weighted by Crippen LogP contribution is -2.08. The van der Waals surface area contributed by atoms with Crippen LogP contribution in [0.1, 0.15) is 21.4 Å². The Hall–Kier alpha value is -1.50. The van der Waals surface area contributed by atoms with Crippen LogP contribution in [0.15, 0.2) is 30.3 Å². The third-order valence-electron chi connectivity index (χ3n) is 2.66. The summed E-state index contributed by atoms with van der Waals surface area (Å²) in [6.07, 6.45) is 0. The normalized spacial score (nSPS) is 11.9. The summed E-state index contributed by atoms with van der Waals surface area (Å²) in [5, 5.41) is 13.2. The molecule has 0 saturated heterocycles. The maximum absolute atomic E-state index is 9.30. The van der Waals surface area contributed by atoms with Crippen molar-refractivity contribution in [2.75, 3.05) is 5.32 Å². The monoisotopic (exact) mass is 276 g/mol. The van der Waals surface area contributed by atoms with E-state index in [-0.39, 0.29) is 6.04 Å². The van der Waals surface area contributed by atoms with Gasteiger partial charge >= 0.3 is 0 Å². The van der Waals surface area contributed by atoms with Crippen LogP contribution in [0, 0.1) is 25.2 Å². The molecule has 1 atom stereocenters. The van der Waals surface area contributed by atoms with E-state index >= 15 is 0 Å². The largest absolute Gasteiger partial charge is 0.366 e. The van der Waals surface area contributed by atoms with E-state index in [1.54, 1.807) is 11.3 Å². The molecule has 1 N–H and O–H groups in total. The molecule has 2 nitrogen and oxygen atoms in total. The van der Waals surface area contributed by atoms with Gasteiger partial charge in [0, 0.05) is 26.0 Å². The number of thiophene rings is 1. The maximum atomic E-state index is 9.30. The van der Waals surface area contributed by atoms with Crippen molar-refractivity contribution in [3.8, 4) is 6.07 Å². The Balaban J connectivity index is 2.26. The number of nitrogens with one attached hydrogen (secondary N) is 1. The van der Waals surface area contributed by atoms with Crippen molar-refractivity contribution < 1.29 is 0 Å². The summed E-state index contributed by atoms with van der Waals surface area (Å²) in [6.45, 7) is 4.09. The lowest BCUT2D eigenvalue weighted by molar-refractivity contribution is 0.993. The molecule has 0 spiro atoms. The van der Waals surface area contributed by atoms with Gasteiger partial charge in [0.05, 0.1) is 6.07 Å². The minimum atomic E-state index is -0.339. The average Bonchev–Trinajstić information content (AvgIpc) is 2.65. The van der Waals surface area contributed by atoms with E-state index in [2.05, 4.69) is 24.4 Å². The lowest BCUT2D eigenvalue weighted by Gasteiger charge is -2.13. The predicted octanol–water partition coefficient (Wildman–Crippen LogP) is 4.70. The zero-order valence-corrected chi connectivity index (χ0v) is 11.8. The summed E-state index contributed by atoms with van der Waals surface area (Å²) in [5.41, 5.74) is 1.90. The number of aryl methyl sites for hydroxylation is 2. The molecule has 92 valence electrons. The van der Waals surface area contributed by atoms with Crippen molar-refractivity contribution >= 4 is 28.6 Å². The summed E-state index contributed by atoms with van der Waals surface area (Å²) in [7, 11) is 0. The highest BCUT2D eigenvalue weighted by Gasteiger charge is 2.15. The van der Waals surface area contributed by atoms with E-state index in [0.717, 1.165) is 11.3 Å². The average molecular weight is 277 g/mol. The van der Waals surface area contributed by atoms with Gasteiger partial charge in [0.2, 0.25) is 0 Å². The Morgan fingerprint density at radius 3 is 2.67 bits per heavy atom. The third-order valence-corrected chi connectivity index (χ3v) is 3.87. The fourth-order valence-corrected chi connectivity index (χ4v) is 3.02. The number of rotatable bonds is 3. The van der Waals surface area contributed by atoms with Crippen LogP contribution < -0.4 is 5.32 Å². The van der Waals surface area contributed by atoms with Crippen LogP contribution in [0.3, 0.4) is 0 Å². The highest BCUT2D eigenvalue weighted by atomic mass is 35.5. The summed E-state index contributed by atoms with van der Waals surface area (Å²) in [6, 6.07) is 11.4. The van der Waals surface area contributed by atoms with Gasteiger partial charge in [-0.05, 0) is 38.1 Å². The summed E-state index contributed by atoms with van der Waals surface area (Å²) < 4.78 is 0. The molecule has 0 fully saturated rings. The molecule has 1 unspecified atom stereocenters. The molecule has 0 radical (unpaired) electrons. The van der Waals surface area contributed by atoms with Gasteiger partial charge in [0.1, 0.15) is 6.04 Å². The van der Waals surface area contributed by atoms with Crippen LogP contribution in [0.25, 0.3) is 0 Å². The van der Waals surface area contributed by atoms with Crippen molar-refractivity contribution in [2.24, 2.45) is 0 Å². The highest BCUT2D eigenvalue weighted by molar-refractivity contribution is 7.12. The molecule has 18 heavy (non-hydrogen) atoms. The predicted molar refractivity (Wildman–Crippen MR) is 77.2 cm³/mol. The van der Waals surface area contributed by atoms with E-state index in [9.17, 15) is 5.26 Å². The molecule has 1 aromatic heterocycles. The van der Waals surface area contributed by atoms with Crippen LogP contribution >= 0.6 is 22.9 Å². The second-order valence-corrected chi connectivity index (χ2v) is 5.98. The first kappa shape index (κ1) is 12.9.